The summed E-state index contributed by atoms with van der Waals surface area (Å²) in [5, 5.41) is 10.7. The Hall–Kier alpha value is -1.27. The first kappa shape index (κ1) is 10.9. The minimum absolute atomic E-state index is 0.146. The van der Waals surface area contributed by atoms with Crippen molar-refractivity contribution in [2.45, 2.75) is 38.9 Å². The number of hydrogen-bond acceptors (Lipinski definition) is 5. The molecule has 0 radical (unpaired) electrons. The third-order valence-electron chi connectivity index (χ3n) is 3.44. The second-order valence-corrected chi connectivity index (χ2v) is 5.68. The summed E-state index contributed by atoms with van der Waals surface area (Å²) in [4.78, 5) is 13.6. The standard InChI is InChI=1S/C11H13N3O2S/c1-3-11(2)4-6-7(5-16-11)17-10-8(6)9(15)12-14-13-10/h3-5H2,1-2H3,(H,12,13,15)/t11-/m0/s1. The summed E-state index contributed by atoms with van der Waals surface area (Å²) in [5.74, 6) is 0. The zero-order valence-corrected chi connectivity index (χ0v) is 10.6. The average molecular weight is 251 g/mol. The molecule has 0 unspecified atom stereocenters. The number of aromatic amines is 1. The lowest BCUT2D eigenvalue weighted by atomic mass is 9.90. The Balaban J connectivity index is 2.24. The van der Waals surface area contributed by atoms with E-state index in [2.05, 4.69) is 29.3 Å². The van der Waals surface area contributed by atoms with Gasteiger partial charge in [0, 0.05) is 11.3 Å². The molecule has 90 valence electrons. The van der Waals surface area contributed by atoms with E-state index in [9.17, 15) is 4.79 Å². The van der Waals surface area contributed by atoms with Crippen molar-refractivity contribution >= 4 is 21.6 Å². The van der Waals surface area contributed by atoms with E-state index in [1.165, 1.54) is 11.3 Å². The van der Waals surface area contributed by atoms with Gasteiger partial charge in [-0.05, 0) is 18.9 Å². The summed E-state index contributed by atoms with van der Waals surface area (Å²) >= 11 is 1.51. The Labute approximate surface area is 102 Å². The molecule has 0 aliphatic carbocycles. The van der Waals surface area contributed by atoms with E-state index in [1.54, 1.807) is 0 Å². The minimum Gasteiger partial charge on any atom is -0.369 e. The third kappa shape index (κ3) is 1.59. The van der Waals surface area contributed by atoms with Crippen LogP contribution in [0.4, 0.5) is 0 Å². The Bertz CT molecular complexity index is 633. The van der Waals surface area contributed by atoms with Crippen LogP contribution in [-0.4, -0.2) is 21.0 Å². The summed E-state index contributed by atoms with van der Waals surface area (Å²) in [6.07, 6.45) is 1.70. The number of nitrogens with zero attached hydrogens (tertiary/aromatic N) is 2. The van der Waals surface area contributed by atoms with E-state index >= 15 is 0 Å². The van der Waals surface area contributed by atoms with Gasteiger partial charge in [0.05, 0.1) is 17.6 Å². The summed E-state index contributed by atoms with van der Waals surface area (Å²) in [6, 6.07) is 0. The van der Waals surface area contributed by atoms with Gasteiger partial charge in [-0.3, -0.25) is 4.79 Å². The highest BCUT2D eigenvalue weighted by molar-refractivity contribution is 7.18. The summed E-state index contributed by atoms with van der Waals surface area (Å²) in [5.41, 5.74) is 0.779. The lowest BCUT2D eigenvalue weighted by Gasteiger charge is -2.32. The van der Waals surface area contributed by atoms with Crippen molar-refractivity contribution in [2.24, 2.45) is 0 Å². The van der Waals surface area contributed by atoms with E-state index in [0.29, 0.717) is 16.8 Å². The first-order valence-electron chi connectivity index (χ1n) is 5.62. The van der Waals surface area contributed by atoms with Crippen LogP contribution in [0, 0.1) is 0 Å². The first-order chi connectivity index (χ1) is 8.13. The Morgan fingerprint density at radius 1 is 1.59 bits per heavy atom. The van der Waals surface area contributed by atoms with Gasteiger partial charge in [0.2, 0.25) is 0 Å². The zero-order valence-electron chi connectivity index (χ0n) is 9.74. The second-order valence-electron chi connectivity index (χ2n) is 4.59. The number of ether oxygens (including phenoxy) is 1. The van der Waals surface area contributed by atoms with Crippen molar-refractivity contribution in [1.29, 1.82) is 0 Å². The van der Waals surface area contributed by atoms with E-state index in [4.69, 9.17) is 4.74 Å². The van der Waals surface area contributed by atoms with E-state index in [1.807, 2.05) is 0 Å². The highest BCUT2D eigenvalue weighted by Crippen LogP contribution is 2.37. The monoisotopic (exact) mass is 251 g/mol. The van der Waals surface area contributed by atoms with Crippen molar-refractivity contribution in [3.05, 3.63) is 20.8 Å². The Morgan fingerprint density at radius 3 is 3.18 bits per heavy atom. The molecule has 1 atom stereocenters. The van der Waals surface area contributed by atoms with Crippen LogP contribution in [-0.2, 0) is 17.8 Å². The predicted molar refractivity (Wildman–Crippen MR) is 65.2 cm³/mol. The van der Waals surface area contributed by atoms with Crippen molar-refractivity contribution < 1.29 is 4.74 Å². The van der Waals surface area contributed by atoms with Crippen molar-refractivity contribution in [3.8, 4) is 0 Å². The van der Waals surface area contributed by atoms with Crippen LogP contribution >= 0.6 is 11.3 Å². The van der Waals surface area contributed by atoms with E-state index in [0.717, 1.165) is 23.3 Å². The van der Waals surface area contributed by atoms with Gasteiger partial charge in [-0.25, -0.2) is 5.10 Å². The van der Waals surface area contributed by atoms with Crippen LogP contribution in [0.25, 0.3) is 10.2 Å². The maximum atomic E-state index is 11.8. The lowest BCUT2D eigenvalue weighted by molar-refractivity contribution is -0.0543. The Kier molecular flexibility index (Phi) is 2.31. The molecule has 1 N–H and O–H groups in total. The highest BCUT2D eigenvalue weighted by Gasteiger charge is 2.32. The molecule has 2 aromatic rings. The highest BCUT2D eigenvalue weighted by atomic mass is 32.1. The van der Waals surface area contributed by atoms with Crippen molar-refractivity contribution in [3.63, 3.8) is 0 Å². The SMILES string of the molecule is CC[C@@]1(C)Cc2c(sc3nn[nH]c(=O)c23)CO1. The van der Waals surface area contributed by atoms with E-state index in [-0.39, 0.29) is 11.2 Å². The fourth-order valence-electron chi connectivity index (χ4n) is 2.17. The third-order valence-corrected chi connectivity index (χ3v) is 4.53. The Morgan fingerprint density at radius 2 is 2.41 bits per heavy atom. The average Bonchev–Trinajstić information content (AvgIpc) is 2.68. The number of aromatic nitrogens is 3. The molecule has 1 aliphatic heterocycles. The fourth-order valence-corrected chi connectivity index (χ4v) is 3.22. The lowest BCUT2D eigenvalue weighted by Crippen LogP contribution is -2.34. The van der Waals surface area contributed by atoms with Crippen molar-refractivity contribution in [1.82, 2.24) is 15.4 Å². The molecule has 5 nitrogen and oxygen atoms in total. The molecule has 2 aromatic heterocycles. The zero-order chi connectivity index (χ0) is 12.0. The maximum Gasteiger partial charge on any atom is 0.276 e. The van der Waals surface area contributed by atoms with E-state index < -0.39 is 0 Å². The van der Waals surface area contributed by atoms with Crippen LogP contribution in [0.3, 0.4) is 0 Å². The minimum atomic E-state index is -0.170. The molecule has 17 heavy (non-hydrogen) atoms. The van der Waals surface area contributed by atoms with Crippen LogP contribution in [0.5, 0.6) is 0 Å². The van der Waals surface area contributed by atoms with Gasteiger partial charge in [-0.15, -0.1) is 16.4 Å². The molecule has 6 heteroatoms. The van der Waals surface area contributed by atoms with Crippen LogP contribution in [0.15, 0.2) is 4.79 Å². The maximum absolute atomic E-state index is 11.8. The molecule has 1 aliphatic rings. The number of H-pyrrole nitrogens is 1. The predicted octanol–water partition coefficient (Wildman–Crippen LogP) is 1.62. The molecule has 0 bridgehead atoms. The van der Waals surface area contributed by atoms with Crippen molar-refractivity contribution in [2.75, 3.05) is 0 Å². The van der Waals surface area contributed by atoms with Gasteiger partial charge in [-0.2, -0.15) is 0 Å². The van der Waals surface area contributed by atoms with Gasteiger partial charge in [-0.1, -0.05) is 12.1 Å². The van der Waals surface area contributed by atoms with Crippen LogP contribution < -0.4 is 5.56 Å². The normalized spacial score (nSPS) is 23.9. The number of fused-ring (bicyclic) bond motifs is 3. The molecule has 0 saturated heterocycles. The topological polar surface area (TPSA) is 67.9 Å². The summed E-state index contributed by atoms with van der Waals surface area (Å²) in [7, 11) is 0. The molecular weight excluding hydrogens is 238 g/mol. The molecule has 3 heterocycles. The first-order valence-corrected chi connectivity index (χ1v) is 6.44. The number of nitrogens with one attached hydrogen (secondary N) is 1. The molecule has 3 rings (SSSR count). The molecule has 0 saturated carbocycles. The number of thiophene rings is 1. The van der Waals surface area contributed by atoms with Gasteiger partial charge >= 0.3 is 0 Å². The number of hydrogen-bond donors (Lipinski definition) is 1. The molecule has 0 fully saturated rings. The van der Waals surface area contributed by atoms with Gasteiger partial charge in [0.25, 0.3) is 5.56 Å². The quantitative estimate of drug-likeness (QED) is 0.836. The second kappa shape index (κ2) is 3.61. The van der Waals surface area contributed by atoms with Gasteiger partial charge in [0.15, 0.2) is 4.83 Å². The molecule has 0 aromatic carbocycles. The molecule has 0 spiro atoms. The number of rotatable bonds is 1. The summed E-state index contributed by atoms with van der Waals surface area (Å²) in [6.45, 7) is 4.76. The molecule has 0 amide bonds. The summed E-state index contributed by atoms with van der Waals surface area (Å²) < 4.78 is 5.86. The smallest absolute Gasteiger partial charge is 0.276 e. The van der Waals surface area contributed by atoms with Crippen LogP contribution in [0.2, 0.25) is 0 Å². The fraction of sp³-hybridized carbons (Fsp3) is 0.545. The van der Waals surface area contributed by atoms with Gasteiger partial charge in [0.1, 0.15) is 0 Å². The molecular formula is C11H13N3O2S. The largest absolute Gasteiger partial charge is 0.369 e. The van der Waals surface area contributed by atoms with Gasteiger partial charge < -0.3 is 4.74 Å². The van der Waals surface area contributed by atoms with Crippen LogP contribution in [0.1, 0.15) is 30.7 Å².